The SMILES string of the molecule is CCc1ccc(/C(=C\C=N)c2ccc(OC)c(OC)c2)cc1CC. The second kappa shape index (κ2) is 8.34. The van der Waals surface area contributed by atoms with E-state index >= 15 is 0 Å². The minimum atomic E-state index is 0.687. The fourth-order valence-corrected chi connectivity index (χ4v) is 2.91. The fourth-order valence-electron chi connectivity index (χ4n) is 2.91. The molecule has 0 aliphatic heterocycles. The second-order valence-corrected chi connectivity index (χ2v) is 5.51. The Morgan fingerprint density at radius 1 is 0.875 bits per heavy atom. The van der Waals surface area contributed by atoms with Gasteiger partial charge in [-0.25, -0.2) is 0 Å². The molecule has 0 aliphatic carbocycles. The highest BCUT2D eigenvalue weighted by Gasteiger charge is 2.11. The maximum absolute atomic E-state index is 7.53. The van der Waals surface area contributed by atoms with E-state index in [1.807, 2.05) is 24.3 Å². The van der Waals surface area contributed by atoms with E-state index in [0.29, 0.717) is 11.5 Å². The lowest BCUT2D eigenvalue weighted by molar-refractivity contribution is 0.355. The summed E-state index contributed by atoms with van der Waals surface area (Å²) >= 11 is 0. The van der Waals surface area contributed by atoms with Crippen LogP contribution in [0, 0.1) is 5.41 Å². The molecular formula is C21H25NO2. The number of nitrogens with one attached hydrogen (secondary N) is 1. The molecule has 0 spiro atoms. The van der Waals surface area contributed by atoms with Gasteiger partial charge in [0, 0.05) is 6.21 Å². The Bertz CT molecular complexity index is 690. The smallest absolute Gasteiger partial charge is 0.161 e. The summed E-state index contributed by atoms with van der Waals surface area (Å²) in [7, 11) is 3.26. The van der Waals surface area contributed by atoms with Crippen molar-refractivity contribution in [2.75, 3.05) is 14.2 Å². The van der Waals surface area contributed by atoms with Crippen molar-refractivity contribution >= 4 is 11.8 Å². The number of methoxy groups -OCH3 is 2. The van der Waals surface area contributed by atoms with Crippen LogP contribution in [0.15, 0.2) is 42.5 Å². The standard InChI is InChI=1S/C21H25NO2/c1-5-15-7-8-17(13-16(15)6-2)19(11-12-22)18-9-10-20(23-3)21(14-18)24-4/h7-14,22H,5-6H2,1-4H3/b19-11+,22-12?. The van der Waals surface area contributed by atoms with Crippen LogP contribution in [0.25, 0.3) is 5.57 Å². The normalized spacial score (nSPS) is 11.2. The van der Waals surface area contributed by atoms with Crippen LogP contribution in [-0.2, 0) is 12.8 Å². The van der Waals surface area contributed by atoms with Gasteiger partial charge in [-0.2, -0.15) is 0 Å². The van der Waals surface area contributed by atoms with Crippen molar-refractivity contribution in [2.24, 2.45) is 0 Å². The van der Waals surface area contributed by atoms with Crippen LogP contribution in [0.3, 0.4) is 0 Å². The van der Waals surface area contributed by atoms with Gasteiger partial charge < -0.3 is 14.9 Å². The third-order valence-electron chi connectivity index (χ3n) is 4.22. The highest BCUT2D eigenvalue weighted by molar-refractivity contribution is 5.91. The average Bonchev–Trinajstić information content (AvgIpc) is 2.64. The fraction of sp³-hybridized carbons (Fsp3) is 0.286. The molecule has 0 heterocycles. The van der Waals surface area contributed by atoms with Crippen LogP contribution in [0.5, 0.6) is 11.5 Å². The Hall–Kier alpha value is -2.55. The number of aryl methyl sites for hydroxylation is 2. The van der Waals surface area contributed by atoms with Gasteiger partial charge in [0.05, 0.1) is 14.2 Å². The van der Waals surface area contributed by atoms with Gasteiger partial charge in [-0.15, -0.1) is 0 Å². The zero-order valence-electron chi connectivity index (χ0n) is 14.8. The van der Waals surface area contributed by atoms with Crippen molar-refractivity contribution in [3.05, 3.63) is 64.7 Å². The molecule has 126 valence electrons. The molecule has 0 radical (unpaired) electrons. The van der Waals surface area contributed by atoms with E-state index in [4.69, 9.17) is 14.9 Å². The molecular weight excluding hydrogens is 298 g/mol. The van der Waals surface area contributed by atoms with E-state index in [-0.39, 0.29) is 0 Å². The topological polar surface area (TPSA) is 42.3 Å². The Kier molecular flexibility index (Phi) is 6.19. The average molecular weight is 323 g/mol. The quantitative estimate of drug-likeness (QED) is 0.736. The summed E-state index contributed by atoms with van der Waals surface area (Å²) in [5.41, 5.74) is 5.85. The van der Waals surface area contributed by atoms with E-state index in [9.17, 15) is 0 Å². The molecule has 0 atom stereocenters. The predicted molar refractivity (Wildman–Crippen MR) is 101 cm³/mol. The molecule has 1 N–H and O–H groups in total. The number of benzene rings is 2. The zero-order chi connectivity index (χ0) is 17.5. The van der Waals surface area contributed by atoms with E-state index in [2.05, 4.69) is 32.0 Å². The lowest BCUT2D eigenvalue weighted by Gasteiger charge is -2.14. The van der Waals surface area contributed by atoms with Crippen molar-refractivity contribution in [3.63, 3.8) is 0 Å². The predicted octanol–water partition coefficient (Wildman–Crippen LogP) is 4.91. The Morgan fingerprint density at radius 2 is 1.50 bits per heavy atom. The van der Waals surface area contributed by atoms with Gasteiger partial charge in [0.1, 0.15) is 0 Å². The number of rotatable bonds is 7. The molecule has 0 saturated heterocycles. The van der Waals surface area contributed by atoms with Crippen LogP contribution >= 0.6 is 0 Å². The molecule has 2 aromatic rings. The largest absolute Gasteiger partial charge is 0.493 e. The molecule has 2 aromatic carbocycles. The minimum absolute atomic E-state index is 0.687. The molecule has 3 nitrogen and oxygen atoms in total. The van der Waals surface area contributed by atoms with Gasteiger partial charge in [0.25, 0.3) is 0 Å². The summed E-state index contributed by atoms with van der Waals surface area (Å²) in [5.74, 6) is 1.39. The van der Waals surface area contributed by atoms with Crippen LogP contribution in [0.2, 0.25) is 0 Å². The van der Waals surface area contributed by atoms with Gasteiger partial charge in [-0.05, 0) is 58.9 Å². The molecule has 0 saturated carbocycles. The first-order chi connectivity index (χ1) is 11.7. The highest BCUT2D eigenvalue weighted by atomic mass is 16.5. The van der Waals surface area contributed by atoms with Crippen LogP contribution in [0.1, 0.15) is 36.1 Å². The number of allylic oxidation sites excluding steroid dienone is 1. The van der Waals surface area contributed by atoms with Crippen LogP contribution in [-0.4, -0.2) is 20.4 Å². The minimum Gasteiger partial charge on any atom is -0.493 e. The zero-order valence-corrected chi connectivity index (χ0v) is 14.8. The third-order valence-corrected chi connectivity index (χ3v) is 4.22. The summed E-state index contributed by atoms with van der Waals surface area (Å²) in [6, 6.07) is 12.4. The van der Waals surface area contributed by atoms with Crippen LogP contribution in [0.4, 0.5) is 0 Å². The summed E-state index contributed by atoms with van der Waals surface area (Å²) in [6.45, 7) is 4.35. The van der Waals surface area contributed by atoms with Gasteiger partial charge in [-0.3, -0.25) is 0 Å². The molecule has 2 rings (SSSR count). The van der Waals surface area contributed by atoms with Gasteiger partial charge in [0.2, 0.25) is 0 Å². The summed E-state index contributed by atoms with van der Waals surface area (Å²) in [5, 5.41) is 7.53. The van der Waals surface area contributed by atoms with Crippen molar-refractivity contribution in [2.45, 2.75) is 26.7 Å². The summed E-state index contributed by atoms with van der Waals surface area (Å²) < 4.78 is 10.7. The molecule has 0 aromatic heterocycles. The highest BCUT2D eigenvalue weighted by Crippen LogP contribution is 2.33. The molecule has 0 unspecified atom stereocenters. The molecule has 0 fully saturated rings. The first-order valence-electron chi connectivity index (χ1n) is 8.23. The van der Waals surface area contributed by atoms with E-state index in [0.717, 1.165) is 29.5 Å². The van der Waals surface area contributed by atoms with Gasteiger partial charge in [0.15, 0.2) is 11.5 Å². The molecule has 0 amide bonds. The van der Waals surface area contributed by atoms with Crippen molar-refractivity contribution in [3.8, 4) is 11.5 Å². The van der Waals surface area contributed by atoms with Gasteiger partial charge in [-0.1, -0.05) is 38.1 Å². The van der Waals surface area contributed by atoms with E-state index < -0.39 is 0 Å². The van der Waals surface area contributed by atoms with Gasteiger partial charge >= 0.3 is 0 Å². The molecule has 24 heavy (non-hydrogen) atoms. The van der Waals surface area contributed by atoms with Crippen LogP contribution < -0.4 is 9.47 Å². The maximum atomic E-state index is 7.53. The lowest BCUT2D eigenvalue weighted by Crippen LogP contribution is -1.97. The number of hydrogen-bond donors (Lipinski definition) is 1. The molecule has 3 heteroatoms. The number of ether oxygens (including phenoxy) is 2. The van der Waals surface area contributed by atoms with E-state index in [1.165, 1.54) is 17.3 Å². The van der Waals surface area contributed by atoms with Crippen molar-refractivity contribution < 1.29 is 9.47 Å². The summed E-state index contributed by atoms with van der Waals surface area (Å²) in [6.07, 6.45) is 5.18. The number of hydrogen-bond acceptors (Lipinski definition) is 3. The third kappa shape index (κ3) is 3.67. The second-order valence-electron chi connectivity index (χ2n) is 5.51. The Balaban J connectivity index is 2.55. The summed E-state index contributed by atoms with van der Waals surface area (Å²) in [4.78, 5) is 0. The first kappa shape index (κ1) is 17.8. The first-order valence-corrected chi connectivity index (χ1v) is 8.23. The molecule has 0 aliphatic rings. The Labute approximate surface area is 144 Å². The maximum Gasteiger partial charge on any atom is 0.161 e. The Morgan fingerprint density at radius 3 is 2.08 bits per heavy atom. The van der Waals surface area contributed by atoms with Crippen molar-refractivity contribution in [1.82, 2.24) is 0 Å². The lowest BCUT2D eigenvalue weighted by atomic mass is 9.92. The monoisotopic (exact) mass is 323 g/mol. The van der Waals surface area contributed by atoms with Crippen molar-refractivity contribution in [1.29, 1.82) is 5.41 Å². The van der Waals surface area contributed by atoms with E-state index in [1.54, 1.807) is 14.2 Å². The molecule has 0 bridgehead atoms.